The summed E-state index contributed by atoms with van der Waals surface area (Å²) in [5.74, 6) is 0.844. The van der Waals surface area contributed by atoms with E-state index in [0.717, 1.165) is 37.6 Å². The van der Waals surface area contributed by atoms with E-state index >= 15 is 0 Å². The predicted octanol–water partition coefficient (Wildman–Crippen LogP) is 0.812. The van der Waals surface area contributed by atoms with Gasteiger partial charge in [0.2, 0.25) is 27.8 Å². The molecule has 3 aliphatic rings. The van der Waals surface area contributed by atoms with Crippen LogP contribution in [0.4, 0.5) is 26.4 Å². The van der Waals surface area contributed by atoms with Crippen LogP contribution in [0.1, 0.15) is 37.7 Å². The van der Waals surface area contributed by atoms with Crippen LogP contribution in [0.2, 0.25) is 0 Å². The minimum atomic E-state index is -3.39. The topological polar surface area (TPSA) is 175 Å². The lowest BCUT2D eigenvalue weighted by Crippen LogP contribution is -2.48. The molecule has 0 radical (unpaired) electrons. The molecule has 45 heavy (non-hydrogen) atoms. The number of carbonyl (C=O) groups is 2. The second-order valence-electron chi connectivity index (χ2n) is 11.3. The maximum Gasteiger partial charge on any atom is 0.387 e. The molecule has 5 rings (SSSR count). The number of piperidine rings is 2. The summed E-state index contributed by atoms with van der Waals surface area (Å²) in [6.45, 7) is 3.43. The maximum absolute atomic E-state index is 13.0. The third-order valence-electron chi connectivity index (χ3n) is 8.10. The number of piperazine rings is 1. The third-order valence-corrected chi connectivity index (χ3v) is 10.1. The molecular weight excluding hydrogens is 614 g/mol. The van der Waals surface area contributed by atoms with E-state index in [1.54, 1.807) is 0 Å². The number of ether oxygens (including phenoxy) is 1. The summed E-state index contributed by atoms with van der Waals surface area (Å²) >= 11 is 0. The summed E-state index contributed by atoms with van der Waals surface area (Å²) in [4.78, 5) is 35.8. The lowest BCUT2D eigenvalue weighted by molar-refractivity contribution is -0.133. The first-order valence-electron chi connectivity index (χ1n) is 15.0. The quantitative estimate of drug-likeness (QED) is 0.275. The van der Waals surface area contributed by atoms with E-state index in [0.29, 0.717) is 51.1 Å². The van der Waals surface area contributed by atoms with Gasteiger partial charge in [-0.25, -0.2) is 22.7 Å². The Kier molecular flexibility index (Phi) is 10.5. The minimum absolute atomic E-state index is 0.0271. The van der Waals surface area contributed by atoms with E-state index in [2.05, 4.69) is 50.7 Å². The monoisotopic (exact) mass is 652 g/mol. The SMILES string of the molecule is Cc1cc(NC2CCC(=O)NC2=O)nnc1N1CCN(CCCS(=O)(=O)N2CCC(Nc3ncc(OC(F)F)cn3)CC2)CC1. The van der Waals surface area contributed by atoms with Gasteiger partial charge in [-0.1, -0.05) is 0 Å². The number of anilines is 3. The fourth-order valence-corrected chi connectivity index (χ4v) is 7.19. The molecule has 18 heteroatoms. The van der Waals surface area contributed by atoms with Crippen LogP contribution in [-0.2, 0) is 19.6 Å². The highest BCUT2D eigenvalue weighted by molar-refractivity contribution is 7.89. The lowest BCUT2D eigenvalue weighted by atomic mass is 10.1. The molecule has 0 aliphatic carbocycles. The van der Waals surface area contributed by atoms with Crippen LogP contribution in [0.3, 0.4) is 0 Å². The molecule has 0 saturated carbocycles. The van der Waals surface area contributed by atoms with Crippen molar-refractivity contribution >= 4 is 39.4 Å². The Bertz CT molecular complexity index is 1440. The van der Waals surface area contributed by atoms with Crippen molar-refractivity contribution in [2.45, 2.75) is 57.7 Å². The number of halogens is 2. The number of carbonyl (C=O) groups excluding carboxylic acids is 2. The normalized spacial score (nSPS) is 20.7. The largest absolute Gasteiger partial charge is 0.432 e. The molecule has 0 spiro atoms. The van der Waals surface area contributed by atoms with Crippen molar-refractivity contribution in [2.24, 2.45) is 0 Å². The van der Waals surface area contributed by atoms with Crippen molar-refractivity contribution in [1.82, 2.24) is 34.7 Å². The molecule has 246 valence electrons. The Morgan fingerprint density at radius 2 is 1.73 bits per heavy atom. The smallest absolute Gasteiger partial charge is 0.387 e. The first-order valence-corrected chi connectivity index (χ1v) is 16.6. The number of hydrogen-bond acceptors (Lipinski definition) is 13. The Morgan fingerprint density at radius 3 is 2.38 bits per heavy atom. The van der Waals surface area contributed by atoms with Gasteiger partial charge in [0, 0.05) is 51.7 Å². The van der Waals surface area contributed by atoms with Crippen LogP contribution >= 0.6 is 0 Å². The van der Waals surface area contributed by atoms with Crippen LogP contribution in [0, 0.1) is 6.92 Å². The van der Waals surface area contributed by atoms with Crippen LogP contribution in [0.25, 0.3) is 0 Å². The number of aryl methyl sites for hydroxylation is 1. The van der Waals surface area contributed by atoms with Crippen molar-refractivity contribution < 1.29 is 31.5 Å². The summed E-state index contributed by atoms with van der Waals surface area (Å²) in [5, 5.41) is 17.1. The first-order chi connectivity index (χ1) is 21.6. The molecule has 2 amide bonds. The van der Waals surface area contributed by atoms with Crippen LogP contribution in [-0.4, -0.2) is 120 Å². The van der Waals surface area contributed by atoms with E-state index in [-0.39, 0.29) is 41.7 Å². The molecule has 3 saturated heterocycles. The number of imide groups is 1. The molecule has 1 unspecified atom stereocenters. The first kappa shape index (κ1) is 32.6. The summed E-state index contributed by atoms with van der Waals surface area (Å²) in [5.41, 5.74) is 0.920. The van der Waals surface area contributed by atoms with Crippen LogP contribution in [0.15, 0.2) is 18.5 Å². The lowest BCUT2D eigenvalue weighted by Gasteiger charge is -2.36. The second kappa shape index (κ2) is 14.6. The number of nitrogens with one attached hydrogen (secondary N) is 3. The molecular formula is C27H38F2N10O5S. The van der Waals surface area contributed by atoms with Gasteiger partial charge in [0.1, 0.15) is 11.9 Å². The van der Waals surface area contributed by atoms with Gasteiger partial charge >= 0.3 is 6.61 Å². The number of amides is 2. The average Bonchev–Trinajstić information content (AvgIpc) is 3.00. The molecule has 15 nitrogen and oxygen atoms in total. The van der Waals surface area contributed by atoms with Crippen molar-refractivity contribution in [1.29, 1.82) is 0 Å². The zero-order valence-electron chi connectivity index (χ0n) is 25.0. The highest BCUT2D eigenvalue weighted by atomic mass is 32.2. The van der Waals surface area contributed by atoms with Crippen LogP contribution < -0.4 is 25.6 Å². The molecule has 3 fully saturated rings. The van der Waals surface area contributed by atoms with Crippen molar-refractivity contribution in [2.75, 3.05) is 67.1 Å². The molecule has 5 heterocycles. The Balaban J connectivity index is 1.00. The molecule has 0 bridgehead atoms. The third kappa shape index (κ3) is 8.91. The Hall–Kier alpha value is -3.77. The average molecular weight is 653 g/mol. The number of aromatic nitrogens is 4. The highest BCUT2D eigenvalue weighted by Gasteiger charge is 2.29. The van der Waals surface area contributed by atoms with Crippen molar-refractivity contribution in [3.05, 3.63) is 24.0 Å². The van der Waals surface area contributed by atoms with Gasteiger partial charge in [0.25, 0.3) is 0 Å². The number of sulfonamides is 1. The summed E-state index contributed by atoms with van der Waals surface area (Å²) < 4.78 is 56.4. The zero-order chi connectivity index (χ0) is 32.0. The van der Waals surface area contributed by atoms with Crippen molar-refractivity contribution in [3.63, 3.8) is 0 Å². The number of alkyl halides is 2. The van der Waals surface area contributed by atoms with Crippen molar-refractivity contribution in [3.8, 4) is 5.75 Å². The molecule has 3 aliphatic heterocycles. The summed E-state index contributed by atoms with van der Waals surface area (Å²) in [7, 11) is -3.39. The van der Waals surface area contributed by atoms with E-state index < -0.39 is 22.7 Å². The fraction of sp³-hybridized carbons (Fsp3) is 0.630. The number of nitrogens with zero attached hydrogens (tertiary/aromatic N) is 7. The van der Waals surface area contributed by atoms with Gasteiger partial charge in [0.05, 0.1) is 18.1 Å². The summed E-state index contributed by atoms with van der Waals surface area (Å²) in [6, 6.07) is 1.30. The second-order valence-corrected chi connectivity index (χ2v) is 13.4. The van der Waals surface area contributed by atoms with E-state index in [1.807, 2.05) is 13.0 Å². The molecule has 2 aromatic heterocycles. The van der Waals surface area contributed by atoms with E-state index in [1.165, 1.54) is 16.7 Å². The standard InChI is InChI=1S/C27H38F2N10O5S/c1-18-15-22(33-21-3-4-23(40)34-25(21)41)35-36-24(18)38-12-10-37(11-13-38)7-2-14-45(42,43)39-8-5-19(6-9-39)32-27-30-16-20(17-31-27)44-26(28)29/h15-17,19,21,26H,2-14H2,1H3,(H,33,35)(H,30,31,32)(H,34,40,41). The summed E-state index contributed by atoms with van der Waals surface area (Å²) in [6.07, 6.45) is 4.70. The van der Waals surface area contributed by atoms with Gasteiger partial charge in [-0.2, -0.15) is 8.78 Å². The van der Waals surface area contributed by atoms with Gasteiger partial charge in [-0.15, -0.1) is 10.2 Å². The Labute approximate surface area is 260 Å². The van der Waals surface area contributed by atoms with Gasteiger partial charge in [-0.3, -0.25) is 19.8 Å². The van der Waals surface area contributed by atoms with Gasteiger partial charge in [0.15, 0.2) is 11.6 Å². The van der Waals surface area contributed by atoms with E-state index in [4.69, 9.17) is 0 Å². The Morgan fingerprint density at radius 1 is 1.02 bits per heavy atom. The van der Waals surface area contributed by atoms with Gasteiger partial charge < -0.3 is 20.3 Å². The van der Waals surface area contributed by atoms with Crippen LogP contribution in [0.5, 0.6) is 5.75 Å². The zero-order valence-corrected chi connectivity index (χ0v) is 25.8. The minimum Gasteiger partial charge on any atom is -0.432 e. The number of rotatable bonds is 12. The molecule has 1 atom stereocenters. The van der Waals surface area contributed by atoms with Gasteiger partial charge in [-0.05, 0) is 50.8 Å². The maximum atomic E-state index is 13.0. The van der Waals surface area contributed by atoms with E-state index in [9.17, 15) is 26.8 Å². The molecule has 3 N–H and O–H groups in total. The molecule has 0 aromatic carbocycles. The number of hydrogen-bond donors (Lipinski definition) is 3. The highest BCUT2D eigenvalue weighted by Crippen LogP contribution is 2.22. The predicted molar refractivity (Wildman–Crippen MR) is 161 cm³/mol. The molecule has 2 aromatic rings. The fourth-order valence-electron chi connectivity index (χ4n) is 5.67.